The van der Waals surface area contributed by atoms with Crippen LogP contribution in [0.2, 0.25) is 0 Å². The number of hydrogen-bond donors (Lipinski definition) is 4. The van der Waals surface area contributed by atoms with Crippen molar-refractivity contribution in [3.63, 3.8) is 0 Å². The molecule has 0 aliphatic heterocycles. The van der Waals surface area contributed by atoms with Crippen LogP contribution < -0.4 is 11.1 Å². The minimum Gasteiger partial charge on any atom is -0.480 e. The van der Waals surface area contributed by atoms with Gasteiger partial charge in [-0.25, -0.2) is 0 Å². The number of carbonyl (C=O) groups is 1. The lowest BCUT2D eigenvalue weighted by molar-refractivity contribution is -0.142. The first-order valence-corrected chi connectivity index (χ1v) is 5.27. The van der Waals surface area contributed by atoms with Gasteiger partial charge in [-0.3, -0.25) is 4.79 Å². The van der Waals surface area contributed by atoms with E-state index in [0.717, 1.165) is 18.5 Å². The summed E-state index contributed by atoms with van der Waals surface area (Å²) in [5.41, 5.74) is 5.41. The van der Waals surface area contributed by atoms with Crippen molar-refractivity contribution in [2.45, 2.75) is 32.2 Å². The predicted molar refractivity (Wildman–Crippen MR) is 64.9 cm³/mol. The smallest absolute Gasteiger partial charge is 0.323 e. The van der Waals surface area contributed by atoms with Crippen LogP contribution in [0.3, 0.4) is 0 Å². The molecule has 0 rings (SSSR count). The Morgan fingerprint density at radius 2 is 2.25 bits per heavy atom. The van der Waals surface area contributed by atoms with Crippen molar-refractivity contribution >= 4 is 12.2 Å². The molecule has 0 heterocycles. The maximum absolute atomic E-state index is 10.8. The Morgan fingerprint density at radius 1 is 1.62 bits per heavy atom. The molecular weight excluding hydrogens is 206 g/mol. The molecule has 0 fully saturated rings. The monoisotopic (exact) mass is 227 g/mol. The fraction of sp³-hybridized carbons (Fsp3) is 0.636. The van der Waals surface area contributed by atoms with Gasteiger partial charge in [-0.05, 0) is 33.2 Å². The van der Waals surface area contributed by atoms with Gasteiger partial charge >= 0.3 is 5.97 Å². The minimum atomic E-state index is -1.19. The molecule has 0 aromatic carbocycles. The molecule has 5 nitrogen and oxygen atoms in total. The summed E-state index contributed by atoms with van der Waals surface area (Å²) in [5.74, 6) is -0.984. The van der Waals surface area contributed by atoms with Crippen molar-refractivity contribution < 1.29 is 9.90 Å². The van der Waals surface area contributed by atoms with Gasteiger partial charge in [-0.2, -0.15) is 0 Å². The Bertz CT molecular complexity index is 272. The van der Waals surface area contributed by atoms with Crippen LogP contribution in [0.25, 0.3) is 0 Å². The molecule has 0 radical (unpaired) electrons. The SMILES string of the molecule is C/C(=C/CCNCC=N)C[C@](C)(N)C(=O)O. The molecule has 0 aromatic rings. The zero-order valence-electron chi connectivity index (χ0n) is 9.92. The summed E-state index contributed by atoms with van der Waals surface area (Å²) in [5, 5.41) is 18.7. The molecule has 92 valence electrons. The second kappa shape index (κ2) is 7.14. The summed E-state index contributed by atoms with van der Waals surface area (Å²) in [4.78, 5) is 10.8. The largest absolute Gasteiger partial charge is 0.480 e. The van der Waals surface area contributed by atoms with Crippen molar-refractivity contribution in [1.82, 2.24) is 5.32 Å². The van der Waals surface area contributed by atoms with Gasteiger partial charge in [0, 0.05) is 12.8 Å². The van der Waals surface area contributed by atoms with Crippen LogP contribution in [0.15, 0.2) is 11.6 Å². The third-order valence-corrected chi connectivity index (χ3v) is 2.19. The Balaban J connectivity index is 3.95. The highest BCUT2D eigenvalue weighted by Gasteiger charge is 2.27. The van der Waals surface area contributed by atoms with Gasteiger partial charge in [-0.1, -0.05) is 11.6 Å². The summed E-state index contributed by atoms with van der Waals surface area (Å²) in [6.07, 6.45) is 4.45. The van der Waals surface area contributed by atoms with E-state index in [9.17, 15) is 4.79 Å². The van der Waals surface area contributed by atoms with Crippen molar-refractivity contribution in [1.29, 1.82) is 5.41 Å². The van der Waals surface area contributed by atoms with Crippen LogP contribution in [0.1, 0.15) is 26.7 Å². The fourth-order valence-electron chi connectivity index (χ4n) is 1.32. The molecule has 16 heavy (non-hydrogen) atoms. The number of aliphatic carboxylic acids is 1. The van der Waals surface area contributed by atoms with E-state index < -0.39 is 11.5 Å². The van der Waals surface area contributed by atoms with Gasteiger partial charge in [0.15, 0.2) is 0 Å². The van der Waals surface area contributed by atoms with Crippen molar-refractivity contribution in [2.24, 2.45) is 5.73 Å². The summed E-state index contributed by atoms with van der Waals surface area (Å²) < 4.78 is 0. The average Bonchev–Trinajstić information content (AvgIpc) is 2.16. The maximum Gasteiger partial charge on any atom is 0.323 e. The van der Waals surface area contributed by atoms with Crippen molar-refractivity contribution in [2.75, 3.05) is 13.1 Å². The van der Waals surface area contributed by atoms with Gasteiger partial charge in [0.05, 0.1) is 0 Å². The van der Waals surface area contributed by atoms with Crippen molar-refractivity contribution in [3.05, 3.63) is 11.6 Å². The number of nitrogens with one attached hydrogen (secondary N) is 2. The van der Waals surface area contributed by atoms with E-state index in [1.165, 1.54) is 13.1 Å². The number of hydrogen-bond acceptors (Lipinski definition) is 4. The number of nitrogens with two attached hydrogens (primary N) is 1. The molecule has 0 amide bonds. The number of carboxylic acids is 1. The summed E-state index contributed by atoms with van der Waals surface area (Å²) in [6.45, 7) is 4.74. The Morgan fingerprint density at radius 3 is 2.75 bits per heavy atom. The van der Waals surface area contributed by atoms with Crippen LogP contribution >= 0.6 is 0 Å². The molecule has 0 unspecified atom stereocenters. The standard InChI is InChI=1S/C11H21N3O2/c1-9(4-3-6-14-7-5-12)8-11(2,13)10(15)16/h4-5,12,14H,3,6-8,13H2,1-2H3,(H,15,16)/b9-4-,12-5?/t11-/m0/s1. The van der Waals surface area contributed by atoms with Gasteiger partial charge < -0.3 is 21.6 Å². The molecular formula is C11H21N3O2. The highest BCUT2D eigenvalue weighted by molar-refractivity contribution is 5.78. The third-order valence-electron chi connectivity index (χ3n) is 2.19. The normalized spacial score (nSPS) is 15.6. The Hall–Kier alpha value is -1.20. The number of carboxylic acid groups (broad SMARTS) is 1. The topological polar surface area (TPSA) is 99.2 Å². The first kappa shape index (κ1) is 14.8. The molecule has 0 bridgehead atoms. The zero-order valence-corrected chi connectivity index (χ0v) is 9.92. The van der Waals surface area contributed by atoms with E-state index in [1.807, 2.05) is 13.0 Å². The minimum absolute atomic E-state index is 0.354. The quantitative estimate of drug-likeness (QED) is 0.279. The van der Waals surface area contributed by atoms with Crippen molar-refractivity contribution in [3.8, 4) is 0 Å². The maximum atomic E-state index is 10.8. The summed E-state index contributed by atoms with van der Waals surface area (Å²) in [7, 11) is 0. The Kier molecular flexibility index (Phi) is 6.60. The zero-order chi connectivity index (χ0) is 12.6. The second-order valence-corrected chi connectivity index (χ2v) is 4.15. The predicted octanol–water partition coefficient (Wildman–Crippen LogP) is 0.754. The molecule has 0 saturated carbocycles. The lowest BCUT2D eigenvalue weighted by Crippen LogP contribution is -2.44. The average molecular weight is 227 g/mol. The summed E-state index contributed by atoms with van der Waals surface area (Å²) in [6, 6.07) is 0. The lowest BCUT2D eigenvalue weighted by atomic mass is 9.94. The fourth-order valence-corrected chi connectivity index (χ4v) is 1.32. The highest BCUT2D eigenvalue weighted by atomic mass is 16.4. The number of rotatable bonds is 8. The van der Waals surface area contributed by atoms with Gasteiger partial charge in [0.2, 0.25) is 0 Å². The van der Waals surface area contributed by atoms with E-state index in [4.69, 9.17) is 16.2 Å². The van der Waals surface area contributed by atoms with Crippen LogP contribution in [0.4, 0.5) is 0 Å². The van der Waals surface area contributed by atoms with Crippen LogP contribution in [-0.2, 0) is 4.79 Å². The lowest BCUT2D eigenvalue weighted by Gasteiger charge is -2.19. The first-order chi connectivity index (χ1) is 7.40. The van der Waals surface area contributed by atoms with Gasteiger partial charge in [0.1, 0.15) is 5.54 Å². The molecule has 0 spiro atoms. The van der Waals surface area contributed by atoms with Crippen LogP contribution in [0, 0.1) is 5.41 Å². The van der Waals surface area contributed by atoms with Crippen LogP contribution in [-0.4, -0.2) is 35.9 Å². The second-order valence-electron chi connectivity index (χ2n) is 4.15. The van der Waals surface area contributed by atoms with E-state index in [-0.39, 0.29) is 0 Å². The van der Waals surface area contributed by atoms with E-state index in [1.54, 1.807) is 0 Å². The molecule has 5 N–H and O–H groups in total. The molecule has 0 aliphatic rings. The van der Waals surface area contributed by atoms with Gasteiger partial charge in [-0.15, -0.1) is 0 Å². The molecule has 0 saturated heterocycles. The highest BCUT2D eigenvalue weighted by Crippen LogP contribution is 2.13. The summed E-state index contributed by atoms with van der Waals surface area (Å²) >= 11 is 0. The van der Waals surface area contributed by atoms with Gasteiger partial charge in [0.25, 0.3) is 0 Å². The molecule has 1 atom stereocenters. The van der Waals surface area contributed by atoms with E-state index in [2.05, 4.69) is 5.32 Å². The van der Waals surface area contributed by atoms with Crippen LogP contribution in [0.5, 0.6) is 0 Å². The molecule has 0 aliphatic carbocycles. The molecule has 0 aromatic heterocycles. The van der Waals surface area contributed by atoms with E-state index in [0.29, 0.717) is 13.0 Å². The van der Waals surface area contributed by atoms with E-state index >= 15 is 0 Å². The first-order valence-electron chi connectivity index (χ1n) is 5.27. The Labute approximate surface area is 96.2 Å². The third kappa shape index (κ3) is 6.31. The molecule has 5 heteroatoms.